The summed E-state index contributed by atoms with van der Waals surface area (Å²) < 4.78 is 0. The van der Waals surface area contributed by atoms with Crippen molar-refractivity contribution in [3.63, 3.8) is 0 Å². The molecule has 2 amide bonds. The second-order valence-electron chi connectivity index (χ2n) is 5.03. The molecule has 0 bridgehead atoms. The molecule has 7 nitrogen and oxygen atoms in total. The van der Waals surface area contributed by atoms with E-state index in [0.29, 0.717) is 38.4 Å². The van der Waals surface area contributed by atoms with Crippen molar-refractivity contribution in [3.05, 3.63) is 0 Å². The van der Waals surface area contributed by atoms with E-state index in [1.165, 1.54) is 0 Å². The smallest absolute Gasteiger partial charge is 0.326 e. The van der Waals surface area contributed by atoms with Gasteiger partial charge in [-0.2, -0.15) is 11.8 Å². The minimum atomic E-state index is -0.992. The Labute approximate surface area is 129 Å². The first-order chi connectivity index (χ1) is 10.1. The van der Waals surface area contributed by atoms with Gasteiger partial charge in [0.2, 0.25) is 0 Å². The zero-order chi connectivity index (χ0) is 15.7. The van der Waals surface area contributed by atoms with Gasteiger partial charge in [-0.15, -0.1) is 0 Å². The van der Waals surface area contributed by atoms with Crippen molar-refractivity contribution < 1.29 is 19.8 Å². The van der Waals surface area contributed by atoms with Crippen LogP contribution in [0.1, 0.15) is 12.8 Å². The number of aliphatic carboxylic acids is 1. The molecule has 8 heteroatoms. The molecular weight excluding hydrogens is 294 g/mol. The molecule has 1 aliphatic rings. The first kappa shape index (κ1) is 18.1. The Kier molecular flexibility index (Phi) is 8.48. The normalized spacial score (nSPS) is 18.1. The highest BCUT2D eigenvalue weighted by molar-refractivity contribution is 7.98. The third-order valence-corrected chi connectivity index (χ3v) is 4.14. The molecule has 3 N–H and O–H groups in total. The molecule has 1 fully saturated rings. The molecule has 21 heavy (non-hydrogen) atoms. The van der Waals surface area contributed by atoms with E-state index in [4.69, 9.17) is 10.2 Å². The first-order valence-corrected chi connectivity index (χ1v) is 8.58. The maximum Gasteiger partial charge on any atom is 0.326 e. The van der Waals surface area contributed by atoms with Crippen molar-refractivity contribution in [2.24, 2.45) is 0 Å². The third kappa shape index (κ3) is 6.54. The Morgan fingerprint density at radius 3 is 2.67 bits per heavy atom. The van der Waals surface area contributed by atoms with Crippen molar-refractivity contribution in [1.82, 2.24) is 15.1 Å². The lowest BCUT2D eigenvalue weighted by Crippen LogP contribution is -2.49. The maximum absolute atomic E-state index is 12.2. The lowest BCUT2D eigenvalue weighted by Gasteiger charge is -2.24. The molecule has 1 aliphatic heterocycles. The SMILES string of the molecule is CSCC[C@H](NC(=O)N1CCCN(CCO)CC1)C(=O)O. The van der Waals surface area contributed by atoms with Crippen LogP contribution >= 0.6 is 11.8 Å². The Morgan fingerprint density at radius 2 is 2.05 bits per heavy atom. The van der Waals surface area contributed by atoms with Gasteiger partial charge in [0.15, 0.2) is 0 Å². The number of nitrogens with one attached hydrogen (secondary N) is 1. The Bertz CT molecular complexity index is 343. The van der Waals surface area contributed by atoms with Crippen LogP contribution in [0.3, 0.4) is 0 Å². The molecule has 1 saturated heterocycles. The summed E-state index contributed by atoms with van der Waals surface area (Å²) in [5.74, 6) is -0.296. The van der Waals surface area contributed by atoms with Crippen LogP contribution in [0.25, 0.3) is 0 Å². The van der Waals surface area contributed by atoms with Crippen LogP contribution in [-0.2, 0) is 4.79 Å². The second kappa shape index (κ2) is 9.86. The van der Waals surface area contributed by atoms with Crippen LogP contribution < -0.4 is 5.32 Å². The van der Waals surface area contributed by atoms with Gasteiger partial charge < -0.3 is 20.4 Å². The fraction of sp³-hybridized carbons (Fsp3) is 0.846. The zero-order valence-electron chi connectivity index (χ0n) is 12.5. The van der Waals surface area contributed by atoms with Gasteiger partial charge in [-0.25, -0.2) is 9.59 Å². The standard InChI is InChI=1S/C13H25N3O4S/c1-21-10-3-11(12(18)19)14-13(20)16-5-2-4-15(6-7-16)8-9-17/h11,17H,2-10H2,1H3,(H,14,20)(H,18,19)/t11-/m0/s1. The number of carbonyl (C=O) groups excluding carboxylic acids is 1. The van der Waals surface area contributed by atoms with E-state index in [9.17, 15) is 9.59 Å². The molecular formula is C13H25N3O4S. The van der Waals surface area contributed by atoms with Crippen LogP contribution in [0.15, 0.2) is 0 Å². The quantitative estimate of drug-likeness (QED) is 0.607. The minimum Gasteiger partial charge on any atom is -0.480 e. The summed E-state index contributed by atoms with van der Waals surface area (Å²) in [4.78, 5) is 27.1. The number of carboxylic acids is 1. The lowest BCUT2D eigenvalue weighted by molar-refractivity contribution is -0.139. The molecule has 0 unspecified atom stereocenters. The van der Waals surface area contributed by atoms with Gasteiger partial charge in [0.1, 0.15) is 6.04 Å². The second-order valence-corrected chi connectivity index (χ2v) is 6.01. The topological polar surface area (TPSA) is 93.1 Å². The fourth-order valence-electron chi connectivity index (χ4n) is 2.27. The molecule has 0 aromatic heterocycles. The van der Waals surface area contributed by atoms with Gasteiger partial charge in [0.25, 0.3) is 0 Å². The summed E-state index contributed by atoms with van der Waals surface area (Å²) in [7, 11) is 0. The van der Waals surface area contributed by atoms with Gasteiger partial charge in [-0.05, 0) is 31.4 Å². The van der Waals surface area contributed by atoms with Crippen molar-refractivity contribution in [3.8, 4) is 0 Å². The molecule has 1 atom stereocenters. The zero-order valence-corrected chi connectivity index (χ0v) is 13.3. The van der Waals surface area contributed by atoms with Gasteiger partial charge in [-0.1, -0.05) is 0 Å². The molecule has 0 spiro atoms. The summed E-state index contributed by atoms with van der Waals surface area (Å²) in [6.45, 7) is 3.45. The van der Waals surface area contributed by atoms with E-state index in [2.05, 4.69) is 10.2 Å². The molecule has 1 rings (SSSR count). The average molecular weight is 319 g/mol. The van der Waals surface area contributed by atoms with Crippen molar-refractivity contribution in [2.75, 3.05) is 51.3 Å². The number of amides is 2. The number of nitrogens with zero attached hydrogens (tertiary/aromatic N) is 2. The summed E-state index contributed by atoms with van der Waals surface area (Å²) >= 11 is 1.56. The molecule has 0 aromatic carbocycles. The molecule has 0 radical (unpaired) electrons. The van der Waals surface area contributed by atoms with E-state index in [1.54, 1.807) is 16.7 Å². The highest BCUT2D eigenvalue weighted by Gasteiger charge is 2.24. The number of thioether (sulfide) groups is 1. The maximum atomic E-state index is 12.2. The van der Waals surface area contributed by atoms with Gasteiger partial charge in [-0.3, -0.25) is 4.90 Å². The summed E-state index contributed by atoms with van der Waals surface area (Å²) in [6, 6.07) is -1.14. The van der Waals surface area contributed by atoms with Gasteiger partial charge in [0.05, 0.1) is 6.61 Å². The van der Waals surface area contributed by atoms with Crippen molar-refractivity contribution in [2.45, 2.75) is 18.9 Å². The van der Waals surface area contributed by atoms with Gasteiger partial charge >= 0.3 is 12.0 Å². The number of aliphatic hydroxyl groups excluding tert-OH is 1. The molecule has 0 aromatic rings. The molecule has 0 aliphatic carbocycles. The van der Waals surface area contributed by atoms with E-state index in [-0.39, 0.29) is 12.6 Å². The van der Waals surface area contributed by atoms with Crippen LogP contribution in [0, 0.1) is 0 Å². The molecule has 1 heterocycles. The number of aliphatic hydroxyl groups is 1. The Morgan fingerprint density at radius 1 is 1.29 bits per heavy atom. The highest BCUT2D eigenvalue weighted by atomic mass is 32.2. The number of urea groups is 1. The minimum absolute atomic E-state index is 0.113. The number of hydrogen-bond donors (Lipinski definition) is 3. The highest BCUT2D eigenvalue weighted by Crippen LogP contribution is 2.05. The number of hydrogen-bond acceptors (Lipinski definition) is 5. The predicted molar refractivity (Wildman–Crippen MR) is 82.7 cm³/mol. The van der Waals surface area contributed by atoms with E-state index in [1.807, 2.05) is 6.26 Å². The number of carbonyl (C=O) groups is 2. The number of rotatable bonds is 7. The third-order valence-electron chi connectivity index (χ3n) is 3.50. The average Bonchev–Trinajstić information content (AvgIpc) is 2.69. The number of β-amino-alcohol motifs (C(OH)–C–C–N with tert-alkyl or cyclic N) is 1. The largest absolute Gasteiger partial charge is 0.480 e. The lowest BCUT2D eigenvalue weighted by atomic mass is 10.2. The van der Waals surface area contributed by atoms with E-state index >= 15 is 0 Å². The van der Waals surface area contributed by atoms with E-state index in [0.717, 1.165) is 13.0 Å². The molecule has 0 saturated carbocycles. The summed E-state index contributed by atoms with van der Waals surface area (Å²) in [6.07, 6.45) is 3.16. The van der Waals surface area contributed by atoms with Crippen LogP contribution in [0.4, 0.5) is 4.79 Å². The van der Waals surface area contributed by atoms with Crippen molar-refractivity contribution >= 4 is 23.8 Å². The van der Waals surface area contributed by atoms with Gasteiger partial charge in [0, 0.05) is 26.2 Å². The van der Waals surface area contributed by atoms with Crippen LogP contribution in [0.5, 0.6) is 0 Å². The van der Waals surface area contributed by atoms with Crippen molar-refractivity contribution in [1.29, 1.82) is 0 Å². The van der Waals surface area contributed by atoms with Crippen LogP contribution in [0.2, 0.25) is 0 Å². The van der Waals surface area contributed by atoms with E-state index < -0.39 is 12.0 Å². The molecule has 122 valence electrons. The fourth-order valence-corrected chi connectivity index (χ4v) is 2.74. The number of carboxylic acid groups (broad SMARTS) is 1. The Balaban J connectivity index is 2.47. The Hall–Kier alpha value is -0.990. The summed E-state index contributed by atoms with van der Waals surface area (Å²) in [5, 5.41) is 20.7. The summed E-state index contributed by atoms with van der Waals surface area (Å²) in [5.41, 5.74) is 0. The first-order valence-electron chi connectivity index (χ1n) is 7.19. The monoisotopic (exact) mass is 319 g/mol. The predicted octanol–water partition coefficient (Wildman–Crippen LogP) is -0.0977. The van der Waals surface area contributed by atoms with Crippen LogP contribution in [-0.4, -0.2) is 89.4 Å².